The van der Waals surface area contributed by atoms with E-state index in [1.54, 1.807) is 48.7 Å². The number of esters is 1. The van der Waals surface area contributed by atoms with Gasteiger partial charge in [0.25, 0.3) is 0 Å². The molecule has 0 radical (unpaired) electrons. The second kappa shape index (κ2) is 8.92. The van der Waals surface area contributed by atoms with E-state index >= 15 is 0 Å². The molecule has 0 spiro atoms. The lowest BCUT2D eigenvalue weighted by Crippen LogP contribution is -2.47. The molecule has 0 saturated carbocycles. The highest BCUT2D eigenvalue weighted by atomic mass is 127. The summed E-state index contributed by atoms with van der Waals surface area (Å²) in [6.45, 7) is 10.6. The zero-order valence-corrected chi connectivity index (χ0v) is 18.6. The second-order valence-electron chi connectivity index (χ2n) is 7.89. The van der Waals surface area contributed by atoms with Crippen molar-refractivity contribution < 1.29 is 23.8 Å². The van der Waals surface area contributed by atoms with E-state index in [9.17, 15) is 9.59 Å². The monoisotopic (exact) mass is 477 g/mol. The van der Waals surface area contributed by atoms with Gasteiger partial charge >= 0.3 is 12.1 Å². The minimum absolute atomic E-state index is 0.267. The lowest BCUT2D eigenvalue weighted by molar-refractivity contribution is -0.157. The lowest BCUT2D eigenvalue weighted by atomic mass is 10.1. The Labute approximate surface area is 169 Å². The minimum Gasteiger partial charge on any atom is -0.497 e. The molecule has 1 atom stereocenters. The summed E-state index contributed by atoms with van der Waals surface area (Å²) in [6, 6.07) is 4.71. The van der Waals surface area contributed by atoms with Gasteiger partial charge in [-0.05, 0) is 87.9 Å². The van der Waals surface area contributed by atoms with Crippen molar-refractivity contribution in [1.82, 2.24) is 5.32 Å². The fraction of sp³-hybridized carbons (Fsp3) is 0.579. The highest BCUT2D eigenvalue weighted by molar-refractivity contribution is 14.1. The number of rotatable bonds is 5. The summed E-state index contributed by atoms with van der Waals surface area (Å²) >= 11 is 2.18. The van der Waals surface area contributed by atoms with Crippen molar-refractivity contribution in [2.45, 2.75) is 65.2 Å². The number of nitrogens with one attached hydrogen (secondary N) is 1. The highest BCUT2D eigenvalue weighted by Crippen LogP contribution is 2.22. The smallest absolute Gasteiger partial charge is 0.408 e. The van der Waals surface area contributed by atoms with Crippen molar-refractivity contribution in [3.05, 3.63) is 27.3 Å². The zero-order chi connectivity index (χ0) is 20.1. The van der Waals surface area contributed by atoms with Gasteiger partial charge < -0.3 is 19.5 Å². The molecule has 0 heterocycles. The van der Waals surface area contributed by atoms with E-state index in [1.807, 2.05) is 18.2 Å². The molecule has 1 aromatic carbocycles. The SMILES string of the molecule is COc1ccc(I)c(CC(NC(=O)OC(C)(C)C)C(=O)OC(C)(C)C)c1. The molecule has 146 valence electrons. The van der Waals surface area contributed by atoms with Crippen molar-refractivity contribution in [2.24, 2.45) is 0 Å². The maximum absolute atomic E-state index is 12.6. The van der Waals surface area contributed by atoms with Gasteiger partial charge in [0, 0.05) is 9.99 Å². The van der Waals surface area contributed by atoms with Gasteiger partial charge in [0.15, 0.2) is 0 Å². The van der Waals surface area contributed by atoms with Gasteiger partial charge in [-0.25, -0.2) is 9.59 Å². The van der Waals surface area contributed by atoms with Crippen molar-refractivity contribution in [2.75, 3.05) is 7.11 Å². The van der Waals surface area contributed by atoms with Gasteiger partial charge in [-0.1, -0.05) is 0 Å². The Morgan fingerprint density at radius 1 is 1.08 bits per heavy atom. The van der Waals surface area contributed by atoms with Gasteiger partial charge in [-0.3, -0.25) is 0 Å². The van der Waals surface area contributed by atoms with Crippen molar-refractivity contribution >= 4 is 34.7 Å². The van der Waals surface area contributed by atoms with E-state index in [-0.39, 0.29) is 6.42 Å². The maximum Gasteiger partial charge on any atom is 0.408 e. The fourth-order valence-electron chi connectivity index (χ4n) is 2.07. The Balaban J connectivity index is 3.04. The summed E-state index contributed by atoms with van der Waals surface area (Å²) in [4.78, 5) is 24.8. The summed E-state index contributed by atoms with van der Waals surface area (Å²) in [5.41, 5.74) is -0.448. The van der Waals surface area contributed by atoms with Crippen LogP contribution in [0.3, 0.4) is 0 Å². The number of ether oxygens (including phenoxy) is 3. The average Bonchev–Trinajstić information content (AvgIpc) is 2.44. The van der Waals surface area contributed by atoms with E-state index in [2.05, 4.69) is 27.9 Å². The van der Waals surface area contributed by atoms with Gasteiger partial charge in [0.1, 0.15) is 23.0 Å². The first-order valence-corrected chi connectivity index (χ1v) is 9.43. The van der Waals surface area contributed by atoms with Crippen LogP contribution in [0.5, 0.6) is 5.75 Å². The molecule has 1 aromatic rings. The summed E-state index contributed by atoms with van der Waals surface area (Å²) < 4.78 is 16.9. The van der Waals surface area contributed by atoms with Gasteiger partial charge in [0.2, 0.25) is 0 Å². The molecule has 7 heteroatoms. The third-order valence-corrected chi connectivity index (χ3v) is 4.11. The first-order chi connectivity index (χ1) is 11.8. The van der Waals surface area contributed by atoms with Crippen LogP contribution in [-0.2, 0) is 20.7 Å². The third-order valence-electron chi connectivity index (χ3n) is 3.06. The number of carbonyl (C=O) groups excluding carboxylic acids is 2. The average molecular weight is 477 g/mol. The first-order valence-electron chi connectivity index (χ1n) is 8.35. The maximum atomic E-state index is 12.6. The molecule has 6 nitrogen and oxygen atoms in total. The van der Waals surface area contributed by atoms with Crippen molar-refractivity contribution in [1.29, 1.82) is 0 Å². The van der Waals surface area contributed by atoms with Crippen molar-refractivity contribution in [3.63, 3.8) is 0 Å². The zero-order valence-electron chi connectivity index (χ0n) is 16.4. The molecule has 0 aliphatic carbocycles. The van der Waals surface area contributed by atoms with Crippen LogP contribution in [0.2, 0.25) is 0 Å². The molecule has 0 aliphatic heterocycles. The van der Waals surface area contributed by atoms with E-state index in [4.69, 9.17) is 14.2 Å². The molecule has 1 rings (SSSR count). The quantitative estimate of drug-likeness (QED) is 0.511. The molecule has 0 fully saturated rings. The molecule has 26 heavy (non-hydrogen) atoms. The second-order valence-corrected chi connectivity index (χ2v) is 9.06. The van der Waals surface area contributed by atoms with Crippen LogP contribution in [0.15, 0.2) is 18.2 Å². The molecule has 1 unspecified atom stereocenters. The van der Waals surface area contributed by atoms with Crippen LogP contribution in [0.1, 0.15) is 47.1 Å². The predicted octanol–water partition coefficient (Wildman–Crippen LogP) is 4.08. The predicted molar refractivity (Wildman–Crippen MR) is 108 cm³/mol. The number of amides is 1. The lowest BCUT2D eigenvalue weighted by Gasteiger charge is -2.26. The van der Waals surface area contributed by atoms with Crippen LogP contribution < -0.4 is 10.1 Å². The molecule has 0 aromatic heterocycles. The van der Waals surface area contributed by atoms with Crippen molar-refractivity contribution in [3.8, 4) is 5.75 Å². The molecule has 0 aliphatic rings. The Kier molecular flexibility index (Phi) is 7.73. The standard InChI is InChI=1S/C19H28INO5/c1-18(2,3)25-16(22)15(21-17(23)26-19(4,5)6)11-12-10-13(24-7)8-9-14(12)20/h8-10,15H,11H2,1-7H3,(H,21,23). The molecular weight excluding hydrogens is 449 g/mol. The topological polar surface area (TPSA) is 73.9 Å². The number of carbonyl (C=O) groups is 2. The summed E-state index contributed by atoms with van der Waals surface area (Å²) in [6.07, 6.45) is -0.393. The van der Waals surface area contributed by atoms with Gasteiger partial charge in [-0.15, -0.1) is 0 Å². The first kappa shape index (κ1) is 22.5. The molecule has 0 bridgehead atoms. The highest BCUT2D eigenvalue weighted by Gasteiger charge is 2.29. The van der Waals surface area contributed by atoms with Crippen LogP contribution in [0, 0.1) is 3.57 Å². The number of halogens is 1. The van der Waals surface area contributed by atoms with Gasteiger partial charge in [-0.2, -0.15) is 0 Å². The molecule has 1 amide bonds. The largest absolute Gasteiger partial charge is 0.497 e. The van der Waals surface area contributed by atoms with Crippen LogP contribution in [-0.4, -0.2) is 36.4 Å². The number of hydrogen-bond donors (Lipinski definition) is 1. The van der Waals surface area contributed by atoms with E-state index < -0.39 is 29.3 Å². The fourth-order valence-corrected chi connectivity index (χ4v) is 2.63. The summed E-state index contributed by atoms with van der Waals surface area (Å²) in [5, 5.41) is 2.63. The van der Waals surface area contributed by atoms with E-state index in [1.165, 1.54) is 0 Å². The van der Waals surface area contributed by atoms with E-state index in [0.29, 0.717) is 5.75 Å². The Bertz CT molecular complexity index is 646. The van der Waals surface area contributed by atoms with Crippen LogP contribution in [0.25, 0.3) is 0 Å². The Morgan fingerprint density at radius 2 is 1.65 bits per heavy atom. The van der Waals surface area contributed by atoms with E-state index in [0.717, 1.165) is 9.13 Å². The number of methoxy groups -OCH3 is 1. The summed E-state index contributed by atoms with van der Waals surface area (Å²) in [7, 11) is 1.58. The number of alkyl carbamates (subject to hydrolysis) is 1. The Hall–Kier alpha value is -1.51. The molecule has 0 saturated heterocycles. The van der Waals surface area contributed by atoms with Gasteiger partial charge in [0.05, 0.1) is 7.11 Å². The normalized spacial score (nSPS) is 12.9. The minimum atomic E-state index is -0.871. The number of hydrogen-bond acceptors (Lipinski definition) is 5. The van der Waals surface area contributed by atoms with Crippen LogP contribution >= 0.6 is 22.6 Å². The van der Waals surface area contributed by atoms with Crippen LogP contribution in [0.4, 0.5) is 4.79 Å². The Morgan fingerprint density at radius 3 is 2.15 bits per heavy atom. The summed E-state index contributed by atoms with van der Waals surface area (Å²) in [5.74, 6) is 0.169. The molecule has 1 N–H and O–H groups in total. The molecular formula is C19H28INO5. The number of benzene rings is 1. The third kappa shape index (κ3) is 8.25.